The van der Waals surface area contributed by atoms with Crippen molar-refractivity contribution < 1.29 is 9.47 Å². The van der Waals surface area contributed by atoms with Gasteiger partial charge in [-0.1, -0.05) is 6.92 Å². The summed E-state index contributed by atoms with van der Waals surface area (Å²) in [6.45, 7) is 6.66. The summed E-state index contributed by atoms with van der Waals surface area (Å²) in [5, 5.41) is 0. The van der Waals surface area contributed by atoms with Crippen LogP contribution in [0.25, 0.3) is 0 Å². The van der Waals surface area contributed by atoms with Crippen molar-refractivity contribution in [2.75, 3.05) is 39.1 Å². The number of methoxy groups -OCH3 is 1. The van der Waals surface area contributed by atoms with Crippen LogP contribution in [0.15, 0.2) is 18.2 Å². The van der Waals surface area contributed by atoms with Crippen molar-refractivity contribution in [1.29, 1.82) is 0 Å². The molecule has 0 bridgehead atoms. The normalized spacial score (nSPS) is 19.8. The first-order chi connectivity index (χ1) is 9.69. The number of nitrogen functional groups attached to an aromatic ring is 1. The first kappa shape index (κ1) is 15.0. The third-order valence-corrected chi connectivity index (χ3v) is 3.83. The molecule has 1 saturated heterocycles. The van der Waals surface area contributed by atoms with E-state index in [1.54, 1.807) is 7.11 Å². The van der Waals surface area contributed by atoms with Gasteiger partial charge >= 0.3 is 0 Å². The van der Waals surface area contributed by atoms with Gasteiger partial charge < -0.3 is 20.1 Å². The predicted molar refractivity (Wildman–Crippen MR) is 82.4 cm³/mol. The Morgan fingerprint density at radius 3 is 3.00 bits per heavy atom. The van der Waals surface area contributed by atoms with E-state index in [9.17, 15) is 0 Å². The van der Waals surface area contributed by atoms with Gasteiger partial charge in [0.05, 0.1) is 19.4 Å². The Hall–Kier alpha value is -1.42. The lowest BCUT2D eigenvalue weighted by molar-refractivity contribution is 0.170. The summed E-state index contributed by atoms with van der Waals surface area (Å²) < 4.78 is 10.9. The molecule has 1 aromatic rings. The molecule has 0 saturated carbocycles. The average molecular weight is 278 g/mol. The maximum Gasteiger partial charge on any atom is 0.145 e. The zero-order valence-electron chi connectivity index (χ0n) is 12.6. The Kier molecular flexibility index (Phi) is 5.53. The van der Waals surface area contributed by atoms with E-state index in [2.05, 4.69) is 11.8 Å². The van der Waals surface area contributed by atoms with Crippen LogP contribution in [0.2, 0.25) is 0 Å². The second-order valence-electron chi connectivity index (χ2n) is 5.65. The van der Waals surface area contributed by atoms with E-state index in [-0.39, 0.29) is 0 Å². The summed E-state index contributed by atoms with van der Waals surface area (Å²) in [5.74, 6) is 2.33. The standard InChI is InChI=1S/C16H26N2O2/c1-13-5-3-8-18(12-13)9-4-10-20-14-6-7-15(17)16(11-14)19-2/h6-7,11,13H,3-5,8-10,12,17H2,1-2H3/t13-/m0/s1. The first-order valence-corrected chi connectivity index (χ1v) is 7.47. The largest absolute Gasteiger partial charge is 0.494 e. The molecule has 1 heterocycles. The van der Waals surface area contributed by atoms with E-state index in [1.165, 1.54) is 25.9 Å². The summed E-state index contributed by atoms with van der Waals surface area (Å²) >= 11 is 0. The van der Waals surface area contributed by atoms with Gasteiger partial charge in [0.1, 0.15) is 11.5 Å². The molecule has 0 aliphatic carbocycles. The highest BCUT2D eigenvalue weighted by atomic mass is 16.5. The van der Waals surface area contributed by atoms with Gasteiger partial charge in [-0.3, -0.25) is 0 Å². The van der Waals surface area contributed by atoms with Gasteiger partial charge in [0, 0.05) is 19.2 Å². The minimum absolute atomic E-state index is 0.641. The lowest BCUT2D eigenvalue weighted by atomic mass is 10.0. The van der Waals surface area contributed by atoms with Gasteiger partial charge in [-0.25, -0.2) is 0 Å². The Labute approximate surface area is 121 Å². The van der Waals surface area contributed by atoms with Crippen LogP contribution in [0.5, 0.6) is 11.5 Å². The summed E-state index contributed by atoms with van der Waals surface area (Å²) in [6.07, 6.45) is 3.76. The molecular formula is C16H26N2O2. The number of ether oxygens (including phenoxy) is 2. The topological polar surface area (TPSA) is 47.7 Å². The second kappa shape index (κ2) is 7.39. The third kappa shape index (κ3) is 4.30. The zero-order valence-corrected chi connectivity index (χ0v) is 12.6. The molecule has 0 unspecified atom stereocenters. The molecule has 1 aliphatic heterocycles. The summed E-state index contributed by atoms with van der Waals surface area (Å²) in [6, 6.07) is 5.56. The minimum atomic E-state index is 0.641. The molecular weight excluding hydrogens is 252 g/mol. The van der Waals surface area contributed by atoms with Crippen molar-refractivity contribution in [3.05, 3.63) is 18.2 Å². The van der Waals surface area contributed by atoms with Crippen molar-refractivity contribution in [3.8, 4) is 11.5 Å². The van der Waals surface area contributed by atoms with Crippen molar-refractivity contribution in [2.24, 2.45) is 5.92 Å². The number of hydrogen-bond acceptors (Lipinski definition) is 4. The van der Waals surface area contributed by atoms with E-state index in [1.807, 2.05) is 18.2 Å². The number of likely N-dealkylation sites (tertiary alicyclic amines) is 1. The van der Waals surface area contributed by atoms with Crippen molar-refractivity contribution in [1.82, 2.24) is 4.90 Å². The minimum Gasteiger partial charge on any atom is -0.494 e. The van der Waals surface area contributed by atoms with E-state index < -0.39 is 0 Å². The van der Waals surface area contributed by atoms with E-state index in [0.717, 1.165) is 31.2 Å². The number of rotatable bonds is 6. The molecule has 112 valence electrons. The van der Waals surface area contributed by atoms with Crippen LogP contribution in [0.3, 0.4) is 0 Å². The van der Waals surface area contributed by atoms with Crippen LogP contribution in [-0.2, 0) is 0 Å². The van der Waals surface area contributed by atoms with Crippen LogP contribution >= 0.6 is 0 Å². The van der Waals surface area contributed by atoms with E-state index in [0.29, 0.717) is 11.4 Å². The smallest absolute Gasteiger partial charge is 0.145 e. The molecule has 0 amide bonds. The fourth-order valence-electron chi connectivity index (χ4n) is 2.75. The lowest BCUT2D eigenvalue weighted by Gasteiger charge is -2.30. The Morgan fingerprint density at radius 1 is 1.40 bits per heavy atom. The van der Waals surface area contributed by atoms with Crippen molar-refractivity contribution >= 4 is 5.69 Å². The Balaban J connectivity index is 1.70. The fraction of sp³-hybridized carbons (Fsp3) is 0.625. The third-order valence-electron chi connectivity index (χ3n) is 3.83. The molecule has 1 fully saturated rings. The molecule has 0 aromatic heterocycles. The fourth-order valence-corrected chi connectivity index (χ4v) is 2.75. The predicted octanol–water partition coefficient (Wildman–Crippen LogP) is 2.78. The number of benzene rings is 1. The number of hydrogen-bond donors (Lipinski definition) is 1. The lowest BCUT2D eigenvalue weighted by Crippen LogP contribution is -2.35. The molecule has 2 rings (SSSR count). The van der Waals surface area contributed by atoms with Gasteiger partial charge in [0.25, 0.3) is 0 Å². The van der Waals surface area contributed by atoms with E-state index in [4.69, 9.17) is 15.2 Å². The van der Waals surface area contributed by atoms with Crippen LogP contribution in [-0.4, -0.2) is 38.3 Å². The van der Waals surface area contributed by atoms with E-state index >= 15 is 0 Å². The zero-order chi connectivity index (χ0) is 14.4. The molecule has 0 spiro atoms. The van der Waals surface area contributed by atoms with Crippen LogP contribution in [0, 0.1) is 5.92 Å². The summed E-state index contributed by atoms with van der Waals surface area (Å²) in [5.41, 5.74) is 6.42. The van der Waals surface area contributed by atoms with Crippen LogP contribution < -0.4 is 15.2 Å². The SMILES string of the molecule is COc1cc(OCCCN2CCC[C@H](C)C2)ccc1N. The van der Waals surface area contributed by atoms with Crippen LogP contribution in [0.4, 0.5) is 5.69 Å². The van der Waals surface area contributed by atoms with Gasteiger partial charge in [-0.2, -0.15) is 0 Å². The van der Waals surface area contributed by atoms with Gasteiger partial charge in [-0.05, 0) is 43.9 Å². The first-order valence-electron chi connectivity index (χ1n) is 7.47. The molecule has 1 atom stereocenters. The number of anilines is 1. The average Bonchev–Trinajstić information content (AvgIpc) is 2.45. The highest BCUT2D eigenvalue weighted by molar-refractivity contribution is 5.55. The maximum absolute atomic E-state index is 5.78. The molecule has 20 heavy (non-hydrogen) atoms. The van der Waals surface area contributed by atoms with Crippen molar-refractivity contribution in [3.63, 3.8) is 0 Å². The summed E-state index contributed by atoms with van der Waals surface area (Å²) in [7, 11) is 1.62. The highest BCUT2D eigenvalue weighted by Gasteiger charge is 2.15. The quantitative estimate of drug-likeness (QED) is 0.642. The molecule has 4 nitrogen and oxygen atoms in total. The summed E-state index contributed by atoms with van der Waals surface area (Å²) in [4.78, 5) is 2.54. The van der Waals surface area contributed by atoms with Gasteiger partial charge in [-0.15, -0.1) is 0 Å². The second-order valence-corrected chi connectivity index (χ2v) is 5.65. The molecule has 1 aliphatic rings. The Morgan fingerprint density at radius 2 is 2.25 bits per heavy atom. The number of nitrogens with zero attached hydrogens (tertiary/aromatic N) is 1. The molecule has 0 radical (unpaired) electrons. The van der Waals surface area contributed by atoms with Crippen molar-refractivity contribution in [2.45, 2.75) is 26.2 Å². The maximum atomic E-state index is 5.78. The highest BCUT2D eigenvalue weighted by Crippen LogP contribution is 2.26. The number of nitrogens with two attached hydrogens (primary N) is 1. The molecule has 2 N–H and O–H groups in total. The molecule has 1 aromatic carbocycles. The Bertz CT molecular complexity index is 423. The van der Waals surface area contributed by atoms with Gasteiger partial charge in [0.2, 0.25) is 0 Å². The van der Waals surface area contributed by atoms with Crippen LogP contribution in [0.1, 0.15) is 26.2 Å². The molecule has 4 heteroatoms. The monoisotopic (exact) mass is 278 g/mol. The number of piperidine rings is 1. The van der Waals surface area contributed by atoms with Gasteiger partial charge in [0.15, 0.2) is 0 Å².